The summed E-state index contributed by atoms with van der Waals surface area (Å²) in [4.78, 5) is 15.0. The first kappa shape index (κ1) is 26.9. The molecule has 182 valence electrons. The van der Waals surface area contributed by atoms with Crippen molar-refractivity contribution >= 4 is 35.8 Å². The van der Waals surface area contributed by atoms with E-state index in [9.17, 15) is 13.2 Å². The fourth-order valence-corrected chi connectivity index (χ4v) is 3.84. The molecule has 0 aromatic carbocycles. The van der Waals surface area contributed by atoms with Crippen LogP contribution < -0.4 is 10.2 Å². The zero-order valence-corrected chi connectivity index (χ0v) is 21.3. The fraction of sp³-hybridized carbons (Fsp3) is 0.714. The Morgan fingerprint density at radius 3 is 2.53 bits per heavy atom. The number of hydrogen-bond acceptors (Lipinski definition) is 5. The third kappa shape index (κ3) is 7.34. The van der Waals surface area contributed by atoms with Crippen LogP contribution in [0.3, 0.4) is 0 Å². The third-order valence-corrected chi connectivity index (χ3v) is 5.76. The average Bonchev–Trinajstić information content (AvgIpc) is 2.76. The maximum Gasteiger partial charge on any atom is 0.403 e. The van der Waals surface area contributed by atoms with Crippen molar-refractivity contribution in [2.45, 2.75) is 45.6 Å². The van der Waals surface area contributed by atoms with Gasteiger partial charge in [-0.15, -0.1) is 24.0 Å². The maximum absolute atomic E-state index is 13.0. The predicted molar refractivity (Wildman–Crippen MR) is 131 cm³/mol. The topological polar surface area (TPSA) is 56.2 Å². The molecule has 11 heteroatoms. The van der Waals surface area contributed by atoms with Gasteiger partial charge in [0.1, 0.15) is 11.9 Å². The number of ether oxygens (including phenoxy) is 1. The summed E-state index contributed by atoms with van der Waals surface area (Å²) in [5.74, 6) is 1.66. The molecule has 0 aliphatic carbocycles. The summed E-state index contributed by atoms with van der Waals surface area (Å²) in [6, 6.07) is 2.61. The molecule has 2 aliphatic heterocycles. The van der Waals surface area contributed by atoms with Gasteiger partial charge in [-0.2, -0.15) is 13.2 Å². The molecule has 7 nitrogen and oxygen atoms in total. The molecule has 1 aromatic rings. The first-order valence-electron chi connectivity index (χ1n) is 10.9. The zero-order chi connectivity index (χ0) is 22.4. The van der Waals surface area contributed by atoms with Gasteiger partial charge < -0.3 is 19.9 Å². The molecule has 0 amide bonds. The molecule has 32 heavy (non-hydrogen) atoms. The first-order valence-corrected chi connectivity index (χ1v) is 10.9. The summed E-state index contributed by atoms with van der Waals surface area (Å²) < 4.78 is 44.5. The Kier molecular flexibility index (Phi) is 10.3. The molecule has 0 bridgehead atoms. The highest BCUT2D eigenvalue weighted by Gasteiger charge is 2.41. The third-order valence-electron chi connectivity index (χ3n) is 5.76. The van der Waals surface area contributed by atoms with Crippen molar-refractivity contribution in [1.82, 2.24) is 20.1 Å². The lowest BCUT2D eigenvalue weighted by molar-refractivity contribution is -0.181. The minimum atomic E-state index is -4.20. The summed E-state index contributed by atoms with van der Waals surface area (Å²) >= 11 is 0. The van der Waals surface area contributed by atoms with E-state index in [4.69, 9.17) is 9.73 Å². The van der Waals surface area contributed by atoms with Gasteiger partial charge in [0.2, 0.25) is 0 Å². The number of nitrogens with zero attached hydrogens (tertiary/aromatic N) is 5. The van der Waals surface area contributed by atoms with Gasteiger partial charge in [-0.3, -0.25) is 4.90 Å². The molecule has 2 unspecified atom stereocenters. The van der Waals surface area contributed by atoms with E-state index >= 15 is 0 Å². The second kappa shape index (κ2) is 12.2. The Morgan fingerprint density at radius 2 is 1.97 bits per heavy atom. The van der Waals surface area contributed by atoms with Crippen LogP contribution in [0.15, 0.2) is 23.3 Å². The molecule has 0 spiro atoms. The molecule has 1 N–H and O–H groups in total. The van der Waals surface area contributed by atoms with E-state index in [0.717, 1.165) is 30.4 Å². The standard InChI is InChI=1S/C21H33F3N6O.HI/c1-4-25-20(29-9-7-28(8-10-29)17(3)21(22,23)24)27-14-18-5-6-19(26-13-18)30-11-12-31-16(2)15-30;/h5-6,13,16-17H,4,7-12,14-15H2,1-3H3,(H,25,27);1H. The van der Waals surface area contributed by atoms with Gasteiger partial charge in [-0.05, 0) is 32.4 Å². The van der Waals surface area contributed by atoms with Gasteiger partial charge in [-0.25, -0.2) is 9.98 Å². The molecule has 2 aliphatic rings. The Bertz CT molecular complexity index is 725. The highest BCUT2D eigenvalue weighted by atomic mass is 127. The summed E-state index contributed by atoms with van der Waals surface area (Å²) in [6.45, 7) is 10.5. The van der Waals surface area contributed by atoms with Crippen LogP contribution >= 0.6 is 24.0 Å². The predicted octanol–water partition coefficient (Wildman–Crippen LogP) is 2.96. The first-order chi connectivity index (χ1) is 14.8. The van der Waals surface area contributed by atoms with Crippen molar-refractivity contribution < 1.29 is 17.9 Å². The molecule has 3 heterocycles. The molecule has 2 atom stereocenters. The number of anilines is 1. The highest BCUT2D eigenvalue weighted by molar-refractivity contribution is 14.0. The monoisotopic (exact) mass is 570 g/mol. The fourth-order valence-electron chi connectivity index (χ4n) is 3.84. The van der Waals surface area contributed by atoms with E-state index in [1.807, 2.05) is 30.2 Å². The number of piperazine rings is 1. The Morgan fingerprint density at radius 1 is 1.25 bits per heavy atom. The number of aliphatic imine (C=N–C) groups is 1. The van der Waals surface area contributed by atoms with Gasteiger partial charge in [0.15, 0.2) is 5.96 Å². The minimum Gasteiger partial charge on any atom is -0.375 e. The Hall–Kier alpha value is -1.34. The van der Waals surface area contributed by atoms with Crippen molar-refractivity contribution in [1.29, 1.82) is 0 Å². The normalized spacial score (nSPS) is 21.8. The number of pyridine rings is 1. The lowest BCUT2D eigenvalue weighted by Gasteiger charge is -2.39. The van der Waals surface area contributed by atoms with Crippen LogP contribution in [0.4, 0.5) is 19.0 Å². The van der Waals surface area contributed by atoms with Crippen molar-refractivity contribution in [3.8, 4) is 0 Å². The van der Waals surface area contributed by atoms with Crippen molar-refractivity contribution in [2.75, 3.05) is 57.3 Å². The summed E-state index contributed by atoms with van der Waals surface area (Å²) in [5, 5.41) is 3.26. The van der Waals surface area contributed by atoms with Crippen LogP contribution in [0.2, 0.25) is 0 Å². The van der Waals surface area contributed by atoms with Crippen molar-refractivity contribution in [3.05, 3.63) is 23.9 Å². The molecule has 2 saturated heterocycles. The zero-order valence-electron chi connectivity index (χ0n) is 18.9. The second-order valence-electron chi connectivity index (χ2n) is 8.06. The number of halogens is 4. The van der Waals surface area contributed by atoms with Gasteiger partial charge in [0.25, 0.3) is 0 Å². The van der Waals surface area contributed by atoms with Gasteiger partial charge >= 0.3 is 6.18 Å². The van der Waals surface area contributed by atoms with Crippen LogP contribution in [0.5, 0.6) is 0 Å². The summed E-state index contributed by atoms with van der Waals surface area (Å²) in [7, 11) is 0. The smallest absolute Gasteiger partial charge is 0.375 e. The molecule has 2 fully saturated rings. The molecular formula is C21H34F3IN6O. The van der Waals surface area contributed by atoms with Crippen LogP contribution in [0.25, 0.3) is 0 Å². The van der Waals surface area contributed by atoms with Gasteiger partial charge in [-0.1, -0.05) is 6.07 Å². The number of aromatic nitrogens is 1. The van der Waals surface area contributed by atoms with E-state index < -0.39 is 12.2 Å². The van der Waals surface area contributed by atoms with Gasteiger partial charge in [0.05, 0.1) is 19.3 Å². The molecule has 1 aromatic heterocycles. The molecule has 0 saturated carbocycles. The largest absolute Gasteiger partial charge is 0.403 e. The minimum absolute atomic E-state index is 0. The molecular weight excluding hydrogens is 536 g/mol. The number of guanidine groups is 1. The number of alkyl halides is 3. The van der Waals surface area contributed by atoms with Crippen LogP contribution in [-0.2, 0) is 11.3 Å². The Labute approximate surface area is 205 Å². The van der Waals surface area contributed by atoms with Gasteiger partial charge in [0, 0.05) is 52.0 Å². The average molecular weight is 570 g/mol. The second-order valence-corrected chi connectivity index (χ2v) is 8.06. The van der Waals surface area contributed by atoms with Crippen molar-refractivity contribution in [3.63, 3.8) is 0 Å². The van der Waals surface area contributed by atoms with E-state index in [1.54, 1.807) is 0 Å². The van der Waals surface area contributed by atoms with E-state index in [0.29, 0.717) is 45.9 Å². The quantitative estimate of drug-likeness (QED) is 0.334. The Balaban J connectivity index is 0.00000363. The summed E-state index contributed by atoms with van der Waals surface area (Å²) in [6.07, 6.45) is -2.16. The van der Waals surface area contributed by atoms with E-state index in [2.05, 4.69) is 22.1 Å². The lowest BCUT2D eigenvalue weighted by atomic mass is 10.2. The number of morpholine rings is 1. The number of nitrogens with one attached hydrogen (secondary N) is 1. The van der Waals surface area contributed by atoms with Crippen molar-refractivity contribution in [2.24, 2.45) is 4.99 Å². The number of rotatable bonds is 5. The van der Waals surface area contributed by atoms with Crippen LogP contribution in [0.1, 0.15) is 26.3 Å². The lowest BCUT2D eigenvalue weighted by Crippen LogP contribution is -2.56. The SMILES string of the molecule is CCNC(=NCc1ccc(N2CCOC(C)C2)nc1)N1CCN(C(C)C(F)(F)F)CC1.I. The highest BCUT2D eigenvalue weighted by Crippen LogP contribution is 2.25. The van der Waals surface area contributed by atoms with E-state index in [-0.39, 0.29) is 30.1 Å². The molecule has 0 radical (unpaired) electrons. The maximum atomic E-state index is 13.0. The van der Waals surface area contributed by atoms with Crippen LogP contribution in [0, 0.1) is 0 Å². The molecule has 3 rings (SSSR count). The van der Waals surface area contributed by atoms with Crippen LogP contribution in [-0.4, -0.2) is 91.5 Å². The summed E-state index contributed by atoms with van der Waals surface area (Å²) in [5.41, 5.74) is 0.991. The van der Waals surface area contributed by atoms with E-state index in [1.165, 1.54) is 11.8 Å². The number of hydrogen-bond donors (Lipinski definition) is 1.